The molecule has 0 unspecified atom stereocenters. The Morgan fingerprint density at radius 3 is 2.33 bits per heavy atom. The molecule has 0 saturated heterocycles. The molecule has 1 amide bonds. The van der Waals surface area contributed by atoms with E-state index in [0.717, 1.165) is 6.07 Å². The van der Waals surface area contributed by atoms with Crippen molar-refractivity contribution in [2.45, 2.75) is 20.0 Å². The predicted octanol–water partition coefficient (Wildman–Crippen LogP) is 6.74. The second-order valence-electron chi connectivity index (χ2n) is 7.80. The van der Waals surface area contributed by atoms with E-state index in [9.17, 15) is 28.1 Å². The summed E-state index contributed by atoms with van der Waals surface area (Å²) in [5.41, 5.74) is 1.05. The number of nitro benzene ring substituents is 1. The van der Waals surface area contributed by atoms with Crippen LogP contribution in [-0.2, 0) is 6.18 Å². The minimum Gasteiger partial charge on any atom is -0.493 e. The first kappa shape index (κ1) is 30.2. The highest BCUT2D eigenvalue weighted by Gasteiger charge is 2.33. The fraction of sp³-hybridized carbons (Fsp3) is 0.231. The SMILES string of the molecule is CCOc1cc(C(=O)N/N=C/c2cc(Br)c(Oc3ccc(C(F)(F)F)cc3[N+](=O)[O-])c(OCC)c2)ccc1OC. The second kappa shape index (κ2) is 13.2. The average Bonchev–Trinajstić information content (AvgIpc) is 2.90. The fourth-order valence-corrected chi connectivity index (χ4v) is 3.91. The van der Waals surface area contributed by atoms with E-state index in [1.165, 1.54) is 31.5 Å². The van der Waals surface area contributed by atoms with Crippen molar-refractivity contribution in [1.29, 1.82) is 0 Å². The van der Waals surface area contributed by atoms with E-state index < -0.39 is 34.0 Å². The van der Waals surface area contributed by atoms with Crippen LogP contribution in [-0.4, -0.2) is 37.4 Å². The lowest BCUT2D eigenvalue weighted by molar-refractivity contribution is -0.385. The lowest BCUT2D eigenvalue weighted by atomic mass is 10.1. The van der Waals surface area contributed by atoms with Gasteiger partial charge < -0.3 is 18.9 Å². The first-order valence-electron chi connectivity index (χ1n) is 11.6. The van der Waals surface area contributed by atoms with Crippen LogP contribution in [0.25, 0.3) is 0 Å². The van der Waals surface area contributed by atoms with Crippen LogP contribution in [0.2, 0.25) is 0 Å². The van der Waals surface area contributed by atoms with Crippen LogP contribution in [0.1, 0.15) is 35.3 Å². The summed E-state index contributed by atoms with van der Waals surface area (Å²) in [5, 5.41) is 15.4. The van der Waals surface area contributed by atoms with Crippen molar-refractivity contribution in [2.24, 2.45) is 5.10 Å². The number of benzene rings is 3. The minimum atomic E-state index is -4.77. The maximum atomic E-state index is 13.1. The molecule has 0 radical (unpaired) electrons. The lowest BCUT2D eigenvalue weighted by Crippen LogP contribution is -2.17. The number of hydrazone groups is 1. The summed E-state index contributed by atoms with van der Waals surface area (Å²) in [4.78, 5) is 23.0. The number of nitrogens with zero attached hydrogens (tertiary/aromatic N) is 2. The zero-order chi connectivity index (χ0) is 29.4. The Balaban J connectivity index is 1.85. The van der Waals surface area contributed by atoms with E-state index in [2.05, 4.69) is 26.5 Å². The number of ether oxygens (including phenoxy) is 4. The minimum absolute atomic E-state index is 0.00687. The highest BCUT2D eigenvalue weighted by atomic mass is 79.9. The largest absolute Gasteiger partial charge is 0.493 e. The molecule has 212 valence electrons. The molecule has 0 spiro atoms. The Kier molecular flexibility index (Phi) is 9.93. The molecule has 0 aliphatic rings. The van der Waals surface area contributed by atoms with Crippen molar-refractivity contribution in [1.82, 2.24) is 5.43 Å². The van der Waals surface area contributed by atoms with Crippen molar-refractivity contribution < 1.29 is 41.8 Å². The Morgan fingerprint density at radius 1 is 1.02 bits per heavy atom. The summed E-state index contributed by atoms with van der Waals surface area (Å²) < 4.78 is 61.3. The van der Waals surface area contributed by atoms with E-state index >= 15 is 0 Å². The average molecular weight is 626 g/mol. The highest BCUT2D eigenvalue weighted by molar-refractivity contribution is 9.10. The van der Waals surface area contributed by atoms with Gasteiger partial charge in [-0.05, 0) is 77.8 Å². The number of nitrogens with one attached hydrogen (secondary N) is 1. The quantitative estimate of drug-likeness (QED) is 0.142. The van der Waals surface area contributed by atoms with Crippen molar-refractivity contribution in [2.75, 3.05) is 20.3 Å². The molecule has 10 nitrogen and oxygen atoms in total. The Bertz CT molecular complexity index is 1430. The van der Waals surface area contributed by atoms with Crippen LogP contribution >= 0.6 is 15.9 Å². The van der Waals surface area contributed by atoms with Crippen molar-refractivity contribution in [3.05, 3.63) is 79.8 Å². The Labute approximate surface area is 235 Å². The molecule has 3 rings (SSSR count). The van der Waals surface area contributed by atoms with Gasteiger partial charge in [0.05, 0.1) is 41.5 Å². The maximum Gasteiger partial charge on any atom is 0.416 e. The zero-order valence-corrected chi connectivity index (χ0v) is 23.0. The molecule has 0 aliphatic heterocycles. The first-order valence-corrected chi connectivity index (χ1v) is 12.4. The summed E-state index contributed by atoms with van der Waals surface area (Å²) in [7, 11) is 1.48. The van der Waals surface area contributed by atoms with Crippen LogP contribution in [0.15, 0.2) is 58.1 Å². The molecule has 0 bridgehead atoms. The topological polar surface area (TPSA) is 122 Å². The van der Waals surface area contributed by atoms with E-state index in [0.29, 0.717) is 35.8 Å². The third-order valence-electron chi connectivity index (χ3n) is 5.13. The van der Waals surface area contributed by atoms with Gasteiger partial charge in [-0.15, -0.1) is 0 Å². The standard InChI is InChI=1S/C26H23BrF3N3O7/c1-4-38-22-12-16(6-8-21(22)37-3)25(34)32-31-14-15-10-18(27)24(23(11-15)39-5-2)40-20-9-7-17(26(28,29)30)13-19(20)33(35)36/h6-14H,4-5H2,1-3H3,(H,32,34)/b31-14+. The summed E-state index contributed by atoms with van der Waals surface area (Å²) in [6.07, 6.45) is -3.45. The van der Waals surface area contributed by atoms with E-state index in [4.69, 9.17) is 18.9 Å². The van der Waals surface area contributed by atoms with Crippen LogP contribution in [0.5, 0.6) is 28.7 Å². The van der Waals surface area contributed by atoms with E-state index in [1.54, 1.807) is 26.0 Å². The number of alkyl halides is 3. The smallest absolute Gasteiger partial charge is 0.416 e. The third-order valence-corrected chi connectivity index (χ3v) is 5.72. The molecule has 3 aromatic rings. The molecule has 0 atom stereocenters. The molecule has 0 heterocycles. The van der Waals surface area contributed by atoms with E-state index in [1.807, 2.05) is 0 Å². The molecule has 0 aliphatic carbocycles. The fourth-order valence-electron chi connectivity index (χ4n) is 3.37. The maximum absolute atomic E-state index is 13.1. The van der Waals surface area contributed by atoms with Gasteiger partial charge in [-0.2, -0.15) is 18.3 Å². The second-order valence-corrected chi connectivity index (χ2v) is 8.65. The molecule has 3 aromatic carbocycles. The van der Waals surface area contributed by atoms with Gasteiger partial charge in [0.2, 0.25) is 5.75 Å². The molecular weight excluding hydrogens is 603 g/mol. The van der Waals surface area contributed by atoms with Crippen LogP contribution in [0.3, 0.4) is 0 Å². The monoisotopic (exact) mass is 625 g/mol. The van der Waals surface area contributed by atoms with Crippen molar-refractivity contribution >= 4 is 33.7 Å². The van der Waals surface area contributed by atoms with E-state index in [-0.39, 0.29) is 28.1 Å². The molecule has 0 saturated carbocycles. The number of amides is 1. The predicted molar refractivity (Wildman–Crippen MR) is 143 cm³/mol. The normalized spacial score (nSPS) is 11.3. The number of methoxy groups -OCH3 is 1. The summed E-state index contributed by atoms with van der Waals surface area (Å²) >= 11 is 3.30. The van der Waals surface area contributed by atoms with Crippen LogP contribution in [0, 0.1) is 10.1 Å². The number of rotatable bonds is 11. The number of hydrogen-bond acceptors (Lipinski definition) is 8. The van der Waals surface area contributed by atoms with Crippen molar-refractivity contribution in [3.8, 4) is 28.7 Å². The Morgan fingerprint density at radius 2 is 1.70 bits per heavy atom. The number of hydrogen-bond donors (Lipinski definition) is 1. The lowest BCUT2D eigenvalue weighted by Gasteiger charge is -2.15. The number of nitro groups is 1. The highest BCUT2D eigenvalue weighted by Crippen LogP contribution is 2.43. The van der Waals surface area contributed by atoms with Crippen LogP contribution < -0.4 is 24.4 Å². The van der Waals surface area contributed by atoms with Gasteiger partial charge in [0.25, 0.3) is 5.91 Å². The van der Waals surface area contributed by atoms with Gasteiger partial charge in [-0.3, -0.25) is 14.9 Å². The van der Waals surface area contributed by atoms with Gasteiger partial charge in [0.15, 0.2) is 23.0 Å². The van der Waals surface area contributed by atoms with Gasteiger partial charge in [-0.25, -0.2) is 5.43 Å². The number of carbonyl (C=O) groups excluding carboxylic acids is 1. The molecule has 1 N–H and O–H groups in total. The third kappa shape index (κ3) is 7.40. The molecular formula is C26H23BrF3N3O7. The van der Waals surface area contributed by atoms with Gasteiger partial charge in [0, 0.05) is 11.6 Å². The summed E-state index contributed by atoms with van der Waals surface area (Å²) in [6, 6.07) is 9.60. The number of carbonyl (C=O) groups is 1. The first-order chi connectivity index (χ1) is 19.0. The van der Waals surface area contributed by atoms with Crippen LogP contribution in [0.4, 0.5) is 18.9 Å². The molecule has 0 aromatic heterocycles. The molecule has 14 heteroatoms. The van der Waals surface area contributed by atoms with Gasteiger partial charge in [-0.1, -0.05) is 0 Å². The summed E-state index contributed by atoms with van der Waals surface area (Å²) in [6.45, 7) is 4.04. The van der Waals surface area contributed by atoms with Gasteiger partial charge in [0.1, 0.15) is 0 Å². The number of halogens is 4. The Hall–Kier alpha value is -4.33. The zero-order valence-electron chi connectivity index (χ0n) is 21.4. The summed E-state index contributed by atoms with van der Waals surface area (Å²) in [5.74, 6) is 0.0515. The van der Waals surface area contributed by atoms with Gasteiger partial charge >= 0.3 is 11.9 Å². The van der Waals surface area contributed by atoms with Crippen molar-refractivity contribution in [3.63, 3.8) is 0 Å². The molecule has 0 fully saturated rings. The molecule has 40 heavy (non-hydrogen) atoms.